The molecule has 17 heavy (non-hydrogen) atoms. The van der Waals surface area contributed by atoms with Crippen molar-refractivity contribution in [1.82, 2.24) is 0 Å². The smallest absolute Gasteiger partial charge is 0.0912 e. The molecule has 0 bridgehead atoms. The van der Waals surface area contributed by atoms with Gasteiger partial charge in [0.05, 0.1) is 12.0 Å². The number of rotatable bonds is 4. The summed E-state index contributed by atoms with van der Waals surface area (Å²) in [5, 5.41) is 14.1. The molecule has 0 saturated heterocycles. The van der Waals surface area contributed by atoms with Gasteiger partial charge in [0.2, 0.25) is 0 Å². The van der Waals surface area contributed by atoms with Crippen LogP contribution in [0.25, 0.3) is 0 Å². The van der Waals surface area contributed by atoms with Crippen LogP contribution in [0.1, 0.15) is 11.6 Å². The van der Waals surface area contributed by atoms with Gasteiger partial charge < -0.3 is 15.2 Å². The van der Waals surface area contributed by atoms with Gasteiger partial charge in [-0.1, -0.05) is 48.5 Å². The number of nitrogens with one attached hydrogen (secondary N) is 1. The Morgan fingerprint density at radius 1 is 0.941 bits per heavy atom. The molecule has 0 radical (unpaired) electrons. The molecule has 0 aliphatic carbocycles. The molecular weight excluding hydrogens is 214 g/mol. The van der Waals surface area contributed by atoms with Gasteiger partial charge in [0, 0.05) is 5.69 Å². The average Bonchev–Trinajstić information content (AvgIpc) is 2.38. The number of para-hydroxylation sites is 1. The third-order valence-corrected chi connectivity index (χ3v) is 2.45. The van der Waals surface area contributed by atoms with Gasteiger partial charge in [0.25, 0.3) is 0 Å². The average molecular weight is 226 g/mol. The molecule has 2 rings (SSSR count). The minimum absolute atomic E-state index is 0.677. The highest BCUT2D eigenvalue weighted by Crippen LogP contribution is 2.18. The van der Waals surface area contributed by atoms with Gasteiger partial charge in [-0.15, -0.1) is 0 Å². The molecule has 0 aromatic heterocycles. The zero-order valence-electron chi connectivity index (χ0n) is 9.17. The molecule has 1 atom stereocenters. The normalized spacial score (nSPS) is 11.8. The molecule has 0 amide bonds. The van der Waals surface area contributed by atoms with Crippen molar-refractivity contribution in [1.29, 1.82) is 0 Å². The zero-order chi connectivity index (χ0) is 12.1. The van der Waals surface area contributed by atoms with E-state index < -0.39 is 12.0 Å². The molecular formula is C14H12NO2-. The summed E-state index contributed by atoms with van der Waals surface area (Å²) in [5.74, 6) is -1.14. The molecule has 86 valence electrons. The number of hydrogen-bond acceptors (Lipinski definition) is 3. The van der Waals surface area contributed by atoms with Gasteiger partial charge in [0.15, 0.2) is 0 Å². The maximum Gasteiger partial charge on any atom is 0.0912 e. The van der Waals surface area contributed by atoms with Crippen molar-refractivity contribution in [3.05, 3.63) is 66.2 Å². The van der Waals surface area contributed by atoms with Crippen molar-refractivity contribution in [3.63, 3.8) is 0 Å². The van der Waals surface area contributed by atoms with Crippen molar-refractivity contribution in [3.8, 4) is 0 Å². The van der Waals surface area contributed by atoms with Crippen LogP contribution in [0.3, 0.4) is 0 Å². The summed E-state index contributed by atoms with van der Waals surface area (Å²) < 4.78 is 0. The number of carbonyl (C=O) groups is 1. The van der Waals surface area contributed by atoms with E-state index in [1.54, 1.807) is 24.3 Å². The van der Waals surface area contributed by atoms with E-state index in [4.69, 9.17) is 0 Å². The largest absolute Gasteiger partial charge is 0.548 e. The summed E-state index contributed by atoms with van der Waals surface area (Å²) in [7, 11) is 0. The first-order valence-corrected chi connectivity index (χ1v) is 5.35. The highest BCUT2D eigenvalue weighted by molar-refractivity contribution is 5.77. The number of carboxylic acids is 1. The van der Waals surface area contributed by atoms with E-state index in [-0.39, 0.29) is 0 Å². The van der Waals surface area contributed by atoms with Crippen LogP contribution in [0.2, 0.25) is 0 Å². The SMILES string of the molecule is O=C([O-])C(Nc1ccccc1)c1ccccc1. The van der Waals surface area contributed by atoms with Gasteiger partial charge >= 0.3 is 0 Å². The Labute approximate surface area is 99.7 Å². The van der Waals surface area contributed by atoms with Gasteiger partial charge in [-0.25, -0.2) is 0 Å². The number of aliphatic carboxylic acids is 1. The Hall–Kier alpha value is -2.29. The second-order valence-corrected chi connectivity index (χ2v) is 3.67. The Balaban J connectivity index is 2.23. The fraction of sp³-hybridized carbons (Fsp3) is 0.0714. The first-order chi connectivity index (χ1) is 8.27. The van der Waals surface area contributed by atoms with Crippen molar-refractivity contribution in [2.24, 2.45) is 0 Å². The van der Waals surface area contributed by atoms with E-state index >= 15 is 0 Å². The molecule has 1 unspecified atom stereocenters. The van der Waals surface area contributed by atoms with E-state index in [9.17, 15) is 9.90 Å². The summed E-state index contributed by atoms with van der Waals surface area (Å²) >= 11 is 0. The summed E-state index contributed by atoms with van der Waals surface area (Å²) in [6.45, 7) is 0. The predicted octanol–water partition coefficient (Wildman–Crippen LogP) is 1.59. The van der Waals surface area contributed by atoms with E-state index in [1.165, 1.54) is 0 Å². The molecule has 2 aromatic carbocycles. The fourth-order valence-corrected chi connectivity index (χ4v) is 1.62. The number of anilines is 1. The summed E-state index contributed by atoms with van der Waals surface area (Å²) in [5.41, 5.74) is 1.43. The lowest BCUT2D eigenvalue weighted by Crippen LogP contribution is -2.34. The highest BCUT2D eigenvalue weighted by atomic mass is 16.4. The molecule has 2 aromatic rings. The third kappa shape index (κ3) is 2.84. The molecule has 0 aliphatic rings. The number of benzene rings is 2. The Morgan fingerprint density at radius 3 is 2.00 bits per heavy atom. The lowest BCUT2D eigenvalue weighted by Gasteiger charge is -2.21. The molecule has 0 saturated carbocycles. The maximum atomic E-state index is 11.1. The van der Waals surface area contributed by atoms with Crippen molar-refractivity contribution < 1.29 is 9.90 Å². The van der Waals surface area contributed by atoms with Crippen LogP contribution in [0, 0.1) is 0 Å². The van der Waals surface area contributed by atoms with Gasteiger partial charge in [-0.05, 0) is 17.7 Å². The lowest BCUT2D eigenvalue weighted by molar-refractivity contribution is -0.307. The number of carboxylic acid groups (broad SMARTS) is 1. The topological polar surface area (TPSA) is 52.2 Å². The van der Waals surface area contributed by atoms with Crippen molar-refractivity contribution in [2.75, 3.05) is 5.32 Å². The molecule has 0 aliphatic heterocycles. The standard InChI is InChI=1S/C14H13NO2/c16-14(17)13(11-7-3-1-4-8-11)15-12-9-5-2-6-10-12/h1-10,13,15H,(H,16,17)/p-1. The monoisotopic (exact) mass is 226 g/mol. The van der Waals surface area contributed by atoms with Crippen molar-refractivity contribution >= 4 is 11.7 Å². The number of hydrogen-bond donors (Lipinski definition) is 1. The van der Waals surface area contributed by atoms with E-state index in [0.29, 0.717) is 5.56 Å². The van der Waals surface area contributed by atoms with Gasteiger partial charge in [-0.3, -0.25) is 0 Å². The van der Waals surface area contributed by atoms with Crippen LogP contribution < -0.4 is 10.4 Å². The Kier molecular flexibility index (Phi) is 3.40. The van der Waals surface area contributed by atoms with E-state index in [1.807, 2.05) is 36.4 Å². The molecule has 0 heterocycles. The second-order valence-electron chi connectivity index (χ2n) is 3.67. The summed E-state index contributed by atoms with van der Waals surface area (Å²) in [6, 6.07) is 17.3. The first-order valence-electron chi connectivity index (χ1n) is 5.35. The molecule has 0 spiro atoms. The molecule has 3 heteroatoms. The maximum absolute atomic E-state index is 11.1. The minimum Gasteiger partial charge on any atom is -0.548 e. The highest BCUT2D eigenvalue weighted by Gasteiger charge is 2.11. The van der Waals surface area contributed by atoms with Crippen LogP contribution in [-0.2, 0) is 4.79 Å². The van der Waals surface area contributed by atoms with E-state index in [0.717, 1.165) is 5.69 Å². The van der Waals surface area contributed by atoms with Crippen LogP contribution in [0.5, 0.6) is 0 Å². The quantitative estimate of drug-likeness (QED) is 0.861. The Bertz CT molecular complexity index is 482. The zero-order valence-corrected chi connectivity index (χ0v) is 9.17. The molecule has 0 fully saturated rings. The Morgan fingerprint density at radius 2 is 1.47 bits per heavy atom. The van der Waals surface area contributed by atoms with Gasteiger partial charge in [-0.2, -0.15) is 0 Å². The lowest BCUT2D eigenvalue weighted by atomic mass is 10.1. The molecule has 3 nitrogen and oxygen atoms in total. The number of carbonyl (C=O) groups excluding carboxylic acids is 1. The molecule has 1 N–H and O–H groups in total. The van der Waals surface area contributed by atoms with Crippen LogP contribution in [-0.4, -0.2) is 5.97 Å². The third-order valence-electron chi connectivity index (χ3n) is 2.45. The van der Waals surface area contributed by atoms with Gasteiger partial charge in [0.1, 0.15) is 0 Å². The predicted molar refractivity (Wildman–Crippen MR) is 64.3 cm³/mol. The van der Waals surface area contributed by atoms with Crippen LogP contribution in [0.15, 0.2) is 60.7 Å². The summed E-state index contributed by atoms with van der Waals surface area (Å²) in [4.78, 5) is 11.1. The van der Waals surface area contributed by atoms with E-state index in [2.05, 4.69) is 5.32 Å². The minimum atomic E-state index is -1.14. The summed E-state index contributed by atoms with van der Waals surface area (Å²) in [6.07, 6.45) is 0. The van der Waals surface area contributed by atoms with Crippen molar-refractivity contribution in [2.45, 2.75) is 6.04 Å². The second kappa shape index (κ2) is 5.16. The van der Waals surface area contributed by atoms with Crippen LogP contribution in [0.4, 0.5) is 5.69 Å². The fourth-order valence-electron chi connectivity index (χ4n) is 1.62. The first kappa shape index (κ1) is 11.2. The van der Waals surface area contributed by atoms with Crippen LogP contribution >= 0.6 is 0 Å².